The number of benzene rings is 2. The van der Waals surface area contributed by atoms with Crippen molar-refractivity contribution in [3.05, 3.63) is 63.5 Å². The predicted octanol–water partition coefficient (Wildman–Crippen LogP) is 8.53. The largest absolute Gasteiger partial charge is 0.480 e. The topological polar surface area (TPSA) is 143 Å². The predicted molar refractivity (Wildman–Crippen MR) is 251 cm³/mol. The van der Waals surface area contributed by atoms with Gasteiger partial charge in [0.05, 0.1) is 29.0 Å². The number of pyridine rings is 1. The second-order valence-electron chi connectivity index (χ2n) is 20.0. The molecule has 3 saturated heterocycles. The van der Waals surface area contributed by atoms with Gasteiger partial charge in [0.1, 0.15) is 5.02 Å². The highest BCUT2D eigenvalue weighted by molar-refractivity contribution is 6.33. The number of carbonyl (C=O) groups excluding carboxylic acids is 2. The SMILES string of the molecule is Cn1nc(N2C(=O)CCCC2=O)c2ccc(C3CCN(CC4CCC5(CC4)CCN(c4ncc(Cl)c(Nc6ccc7c(c6)c6c(c(=O)n7C)OCC(F)(F)[C@H](C7CC7)N6)n4)CC5)CC3)cc21. The van der Waals surface area contributed by atoms with E-state index in [1.165, 1.54) is 40.7 Å². The van der Waals surface area contributed by atoms with Crippen LogP contribution in [0.15, 0.2) is 47.4 Å². The van der Waals surface area contributed by atoms with E-state index in [0.717, 1.165) is 69.3 Å². The molecule has 17 heteroatoms. The van der Waals surface area contributed by atoms with Crippen molar-refractivity contribution in [2.24, 2.45) is 31.3 Å². The summed E-state index contributed by atoms with van der Waals surface area (Å²) in [5.41, 5.74) is 3.66. The molecule has 1 spiro atoms. The highest BCUT2D eigenvalue weighted by atomic mass is 35.5. The molecule has 7 heterocycles. The number of fused-ring (bicyclic) bond motifs is 4. The molecular weight excluding hydrogens is 866 g/mol. The summed E-state index contributed by atoms with van der Waals surface area (Å²) in [6.07, 6.45) is 13.8. The fourth-order valence-electron chi connectivity index (χ4n) is 11.7. The van der Waals surface area contributed by atoms with E-state index < -0.39 is 24.1 Å². The molecule has 4 aliphatic heterocycles. The van der Waals surface area contributed by atoms with E-state index in [4.69, 9.17) is 21.3 Å². The maximum absolute atomic E-state index is 15.2. The van der Waals surface area contributed by atoms with Crippen LogP contribution in [-0.2, 0) is 23.7 Å². The molecule has 66 heavy (non-hydrogen) atoms. The van der Waals surface area contributed by atoms with Gasteiger partial charge in [-0.1, -0.05) is 17.7 Å². The number of nitrogens with one attached hydrogen (secondary N) is 2. The molecule has 2 aromatic carbocycles. The van der Waals surface area contributed by atoms with Gasteiger partial charge in [0.2, 0.25) is 23.5 Å². The van der Waals surface area contributed by atoms with Crippen molar-refractivity contribution in [2.45, 2.75) is 101 Å². The quantitative estimate of drug-likeness (QED) is 0.145. The number of amides is 2. The zero-order valence-electron chi connectivity index (χ0n) is 37.6. The first kappa shape index (κ1) is 43.2. The first-order chi connectivity index (χ1) is 31.8. The standard InChI is InChI=1S/C49H57ClF2N10O4/c1-58-37-11-9-33(25-35(37)41-42(46(58)65)66-28-49(51,52)43(55-41)31-6-7-31)54-44-36(50)26-53-47(56-44)61-22-18-48(19-23-61)16-12-29(13-17-48)27-60-20-14-30(15-21-60)32-8-10-34-38(24-32)59(2)57-45(34)62-39(63)4-3-5-40(62)64/h8-11,24-26,29-31,43,55H,3-7,12-23,27-28H2,1-2H3,(H,53,54,56)/t43-/m0/s1. The number of rotatable bonds is 8. The number of piperidine rings is 3. The molecule has 0 unspecified atom stereocenters. The minimum absolute atomic E-state index is 0.0951. The Bertz CT molecular complexity index is 2770. The fraction of sp³-hybridized carbons (Fsp3) is 0.551. The molecule has 3 aromatic heterocycles. The second-order valence-corrected chi connectivity index (χ2v) is 20.4. The third kappa shape index (κ3) is 7.94. The van der Waals surface area contributed by atoms with Crippen LogP contribution < -0.4 is 30.7 Å². The average molecular weight is 924 g/mol. The molecule has 14 nitrogen and oxygen atoms in total. The number of ether oxygens (including phenoxy) is 1. The van der Waals surface area contributed by atoms with Crippen LogP contribution in [0.25, 0.3) is 21.8 Å². The summed E-state index contributed by atoms with van der Waals surface area (Å²) in [6.45, 7) is 4.22. The van der Waals surface area contributed by atoms with Crippen molar-refractivity contribution >= 4 is 74.2 Å². The number of likely N-dealkylation sites (tertiary alicyclic amines) is 1. The molecule has 348 valence electrons. The summed E-state index contributed by atoms with van der Waals surface area (Å²) in [6, 6.07) is 10.8. The number of hydrogen-bond donors (Lipinski definition) is 2. The number of anilines is 5. The van der Waals surface area contributed by atoms with E-state index in [1.807, 2.05) is 19.2 Å². The Balaban J connectivity index is 0.689. The number of halogens is 3. The smallest absolute Gasteiger partial charge is 0.301 e. The number of carbonyl (C=O) groups is 2. The average Bonchev–Trinajstić information content (AvgIpc) is 4.12. The Morgan fingerprint density at radius 1 is 0.879 bits per heavy atom. The highest BCUT2D eigenvalue weighted by Crippen LogP contribution is 2.48. The molecule has 0 radical (unpaired) electrons. The van der Waals surface area contributed by atoms with E-state index in [2.05, 4.69) is 48.7 Å². The van der Waals surface area contributed by atoms with Gasteiger partial charge < -0.3 is 29.7 Å². The molecule has 2 saturated carbocycles. The Kier molecular flexibility index (Phi) is 11.0. The maximum Gasteiger partial charge on any atom is 0.301 e. The lowest BCUT2D eigenvalue weighted by atomic mass is 9.65. The maximum atomic E-state index is 15.2. The molecule has 0 bridgehead atoms. The van der Waals surface area contributed by atoms with E-state index in [-0.39, 0.29) is 23.5 Å². The number of alkyl halides is 2. The lowest BCUT2D eigenvalue weighted by molar-refractivity contribution is -0.129. The lowest BCUT2D eigenvalue weighted by Crippen LogP contribution is -2.44. The summed E-state index contributed by atoms with van der Waals surface area (Å²) in [5.74, 6) is -1.02. The van der Waals surface area contributed by atoms with Crippen molar-refractivity contribution in [2.75, 3.05) is 59.8 Å². The van der Waals surface area contributed by atoms with Crippen LogP contribution in [0.2, 0.25) is 5.02 Å². The summed E-state index contributed by atoms with van der Waals surface area (Å²) in [7, 11) is 3.51. The molecule has 2 N–H and O–H groups in total. The highest BCUT2D eigenvalue weighted by Gasteiger charge is 2.51. The van der Waals surface area contributed by atoms with Crippen LogP contribution >= 0.6 is 11.6 Å². The zero-order chi connectivity index (χ0) is 45.5. The minimum atomic E-state index is -3.12. The molecule has 5 aromatic rings. The third-order valence-corrected chi connectivity index (χ3v) is 16.1. The summed E-state index contributed by atoms with van der Waals surface area (Å²) >= 11 is 6.68. The number of aryl methyl sites for hydroxylation is 2. The molecule has 2 aliphatic carbocycles. The van der Waals surface area contributed by atoms with Crippen LogP contribution in [0.5, 0.6) is 5.75 Å². The number of nitrogens with zero attached hydrogens (tertiary/aromatic N) is 8. The molecule has 6 aliphatic rings. The summed E-state index contributed by atoms with van der Waals surface area (Å²) in [5, 5.41) is 12.8. The third-order valence-electron chi connectivity index (χ3n) is 15.8. The van der Waals surface area contributed by atoms with Crippen LogP contribution in [0.1, 0.15) is 95.0 Å². The van der Waals surface area contributed by atoms with Gasteiger partial charge in [0.15, 0.2) is 18.2 Å². The van der Waals surface area contributed by atoms with Gasteiger partial charge in [-0.3, -0.25) is 19.1 Å². The zero-order valence-corrected chi connectivity index (χ0v) is 38.4. The van der Waals surface area contributed by atoms with Crippen LogP contribution in [0.3, 0.4) is 0 Å². The Morgan fingerprint density at radius 2 is 1.62 bits per heavy atom. The number of aromatic nitrogens is 5. The monoisotopic (exact) mass is 922 g/mol. The van der Waals surface area contributed by atoms with Crippen molar-refractivity contribution in [1.82, 2.24) is 29.2 Å². The summed E-state index contributed by atoms with van der Waals surface area (Å²) < 4.78 is 39.2. The Hall–Kier alpha value is -5.35. The lowest BCUT2D eigenvalue weighted by Gasteiger charge is -2.47. The van der Waals surface area contributed by atoms with Gasteiger partial charge in [-0.05, 0) is 143 Å². The van der Waals surface area contributed by atoms with Gasteiger partial charge in [0, 0.05) is 63.0 Å². The Morgan fingerprint density at radius 3 is 2.35 bits per heavy atom. The fourth-order valence-corrected chi connectivity index (χ4v) is 11.8. The summed E-state index contributed by atoms with van der Waals surface area (Å²) in [4.78, 5) is 54.3. The first-order valence-electron chi connectivity index (χ1n) is 23.9. The molecular formula is C49H57ClF2N10O4. The van der Waals surface area contributed by atoms with Gasteiger partial charge >= 0.3 is 5.92 Å². The first-order valence-corrected chi connectivity index (χ1v) is 24.2. The van der Waals surface area contributed by atoms with Gasteiger partial charge in [-0.15, -0.1) is 0 Å². The van der Waals surface area contributed by atoms with E-state index >= 15 is 8.78 Å². The molecule has 2 amide bonds. The van der Waals surface area contributed by atoms with Gasteiger partial charge in [-0.2, -0.15) is 10.1 Å². The normalized spacial score (nSPS) is 23.0. The van der Waals surface area contributed by atoms with Gasteiger partial charge in [0.25, 0.3) is 5.56 Å². The van der Waals surface area contributed by atoms with Gasteiger partial charge in [-0.25, -0.2) is 18.7 Å². The molecule has 11 rings (SSSR count). The van der Waals surface area contributed by atoms with Crippen LogP contribution in [0.4, 0.5) is 37.7 Å². The van der Waals surface area contributed by atoms with Crippen molar-refractivity contribution in [1.29, 1.82) is 0 Å². The van der Waals surface area contributed by atoms with E-state index in [1.54, 1.807) is 24.0 Å². The Labute approximate surface area is 387 Å². The molecule has 1 atom stereocenters. The van der Waals surface area contributed by atoms with Crippen molar-refractivity contribution < 1.29 is 23.1 Å². The molecule has 5 fully saturated rings. The van der Waals surface area contributed by atoms with E-state index in [0.29, 0.717) is 94.2 Å². The van der Waals surface area contributed by atoms with Crippen molar-refractivity contribution in [3.8, 4) is 5.75 Å². The van der Waals surface area contributed by atoms with Crippen molar-refractivity contribution in [3.63, 3.8) is 0 Å². The van der Waals surface area contributed by atoms with Crippen LogP contribution in [0, 0.1) is 17.3 Å². The van der Waals surface area contributed by atoms with Crippen LogP contribution in [-0.4, -0.2) is 92.3 Å². The second kappa shape index (κ2) is 16.8. The number of imide groups is 1. The van der Waals surface area contributed by atoms with E-state index in [9.17, 15) is 14.4 Å². The minimum Gasteiger partial charge on any atom is -0.480 e. The number of hydrogen-bond acceptors (Lipinski definition) is 11.